The molecular weight excluding hydrogens is 264 g/mol. The zero-order chi connectivity index (χ0) is 13.0. The lowest BCUT2D eigenvalue weighted by molar-refractivity contribution is 0.634. The van der Waals surface area contributed by atoms with Crippen LogP contribution in [0.3, 0.4) is 0 Å². The Kier molecular flexibility index (Phi) is 4.64. The van der Waals surface area contributed by atoms with Crippen molar-refractivity contribution in [3.05, 3.63) is 53.2 Å². The Morgan fingerprint density at radius 1 is 1.22 bits per heavy atom. The van der Waals surface area contributed by atoms with Gasteiger partial charge < -0.3 is 5.32 Å². The van der Waals surface area contributed by atoms with Gasteiger partial charge in [-0.1, -0.05) is 29.4 Å². The fourth-order valence-corrected chi connectivity index (χ4v) is 2.69. The molecule has 1 atom stereocenters. The van der Waals surface area contributed by atoms with E-state index >= 15 is 0 Å². The van der Waals surface area contributed by atoms with Crippen LogP contribution in [0.1, 0.15) is 18.5 Å². The topological polar surface area (TPSA) is 24.9 Å². The van der Waals surface area contributed by atoms with Gasteiger partial charge in [-0.25, -0.2) is 4.98 Å². The molecule has 1 N–H and O–H groups in total. The number of rotatable bonds is 4. The molecule has 2 rings (SSSR count). The van der Waals surface area contributed by atoms with Gasteiger partial charge in [-0.3, -0.25) is 0 Å². The van der Waals surface area contributed by atoms with Gasteiger partial charge in [-0.2, -0.15) is 0 Å². The van der Waals surface area contributed by atoms with E-state index in [0.717, 1.165) is 14.9 Å². The summed E-state index contributed by atoms with van der Waals surface area (Å²) in [5, 5.41) is 5.03. The van der Waals surface area contributed by atoms with Crippen molar-refractivity contribution >= 4 is 23.4 Å². The van der Waals surface area contributed by atoms with Crippen LogP contribution in [0.4, 0.5) is 0 Å². The molecule has 0 saturated heterocycles. The SMILES string of the molecule is CNC(C)c1cccnc1Sc1ccc(Cl)cc1. The largest absolute Gasteiger partial charge is 0.313 e. The highest BCUT2D eigenvalue weighted by molar-refractivity contribution is 7.99. The quantitative estimate of drug-likeness (QED) is 0.909. The molecule has 2 nitrogen and oxygen atoms in total. The second-order valence-electron chi connectivity index (χ2n) is 3.96. The molecule has 0 bridgehead atoms. The average Bonchev–Trinajstić information content (AvgIpc) is 2.41. The molecule has 1 aromatic carbocycles. The molecule has 4 heteroatoms. The average molecular weight is 279 g/mol. The molecule has 0 aliphatic heterocycles. The van der Waals surface area contributed by atoms with Gasteiger partial charge in [0.2, 0.25) is 0 Å². The Hall–Kier alpha value is -1.03. The summed E-state index contributed by atoms with van der Waals surface area (Å²) in [7, 11) is 1.95. The second kappa shape index (κ2) is 6.23. The molecule has 94 valence electrons. The molecule has 1 heterocycles. The minimum atomic E-state index is 0.286. The minimum absolute atomic E-state index is 0.286. The molecule has 0 spiro atoms. The Bertz CT molecular complexity index is 513. The van der Waals surface area contributed by atoms with Crippen molar-refractivity contribution in [2.45, 2.75) is 22.9 Å². The van der Waals surface area contributed by atoms with Crippen LogP contribution in [0.25, 0.3) is 0 Å². The molecular formula is C14H15ClN2S. The predicted molar refractivity (Wildman–Crippen MR) is 77.3 cm³/mol. The molecule has 2 aromatic rings. The molecule has 0 aliphatic carbocycles. The van der Waals surface area contributed by atoms with Crippen LogP contribution < -0.4 is 5.32 Å². The summed E-state index contributed by atoms with van der Waals surface area (Å²) in [5.74, 6) is 0. The van der Waals surface area contributed by atoms with Gasteiger partial charge in [0.05, 0.1) is 0 Å². The van der Waals surface area contributed by atoms with Crippen molar-refractivity contribution in [3.8, 4) is 0 Å². The van der Waals surface area contributed by atoms with Crippen LogP contribution in [-0.2, 0) is 0 Å². The molecule has 18 heavy (non-hydrogen) atoms. The highest BCUT2D eigenvalue weighted by Gasteiger charge is 2.10. The Morgan fingerprint density at radius 2 is 1.94 bits per heavy atom. The second-order valence-corrected chi connectivity index (χ2v) is 5.46. The van der Waals surface area contributed by atoms with E-state index in [9.17, 15) is 0 Å². The normalized spacial score (nSPS) is 12.4. The number of aromatic nitrogens is 1. The van der Waals surface area contributed by atoms with Crippen LogP contribution in [-0.4, -0.2) is 12.0 Å². The van der Waals surface area contributed by atoms with Crippen LogP contribution in [0.2, 0.25) is 5.02 Å². The molecule has 1 aromatic heterocycles. The fourth-order valence-electron chi connectivity index (χ4n) is 1.59. The number of benzene rings is 1. The first-order valence-corrected chi connectivity index (χ1v) is 6.95. The van der Waals surface area contributed by atoms with Gasteiger partial charge in [0.1, 0.15) is 5.03 Å². The van der Waals surface area contributed by atoms with Gasteiger partial charge in [0.25, 0.3) is 0 Å². The van der Waals surface area contributed by atoms with Crippen molar-refractivity contribution in [1.82, 2.24) is 10.3 Å². The van der Waals surface area contributed by atoms with Gasteiger partial charge in [0.15, 0.2) is 0 Å². The maximum Gasteiger partial charge on any atom is 0.105 e. The van der Waals surface area contributed by atoms with Gasteiger partial charge >= 0.3 is 0 Å². The van der Waals surface area contributed by atoms with Crippen molar-refractivity contribution in [2.75, 3.05) is 7.05 Å². The zero-order valence-corrected chi connectivity index (χ0v) is 11.9. The summed E-state index contributed by atoms with van der Waals surface area (Å²) in [6, 6.07) is 12.2. The summed E-state index contributed by atoms with van der Waals surface area (Å²) in [6.07, 6.45) is 1.82. The number of nitrogens with zero attached hydrogens (tertiary/aromatic N) is 1. The molecule has 1 unspecified atom stereocenters. The van der Waals surface area contributed by atoms with Crippen molar-refractivity contribution < 1.29 is 0 Å². The summed E-state index contributed by atoms with van der Waals surface area (Å²) in [4.78, 5) is 5.60. The monoisotopic (exact) mass is 278 g/mol. The van der Waals surface area contributed by atoms with E-state index in [4.69, 9.17) is 11.6 Å². The van der Waals surface area contributed by atoms with E-state index in [1.165, 1.54) is 5.56 Å². The number of hydrogen-bond donors (Lipinski definition) is 1. The predicted octanol–water partition coefficient (Wildman–Crippen LogP) is 4.17. The van der Waals surface area contributed by atoms with Crippen LogP contribution in [0.15, 0.2) is 52.5 Å². The fraction of sp³-hybridized carbons (Fsp3) is 0.214. The smallest absolute Gasteiger partial charge is 0.105 e. The lowest BCUT2D eigenvalue weighted by atomic mass is 10.1. The lowest BCUT2D eigenvalue weighted by Gasteiger charge is -2.14. The summed E-state index contributed by atoms with van der Waals surface area (Å²) in [6.45, 7) is 2.13. The molecule has 0 radical (unpaired) electrons. The van der Waals surface area contributed by atoms with E-state index in [1.807, 2.05) is 43.6 Å². The van der Waals surface area contributed by atoms with E-state index in [0.29, 0.717) is 0 Å². The van der Waals surface area contributed by atoms with E-state index in [-0.39, 0.29) is 6.04 Å². The number of nitrogens with one attached hydrogen (secondary N) is 1. The van der Waals surface area contributed by atoms with Crippen LogP contribution >= 0.6 is 23.4 Å². The van der Waals surface area contributed by atoms with Crippen LogP contribution in [0, 0.1) is 0 Å². The van der Waals surface area contributed by atoms with Crippen molar-refractivity contribution in [2.24, 2.45) is 0 Å². The van der Waals surface area contributed by atoms with Gasteiger partial charge in [-0.15, -0.1) is 0 Å². The van der Waals surface area contributed by atoms with Gasteiger partial charge in [-0.05, 0) is 44.3 Å². The number of halogens is 1. The third-order valence-corrected chi connectivity index (χ3v) is 4.02. The minimum Gasteiger partial charge on any atom is -0.313 e. The van der Waals surface area contributed by atoms with Crippen molar-refractivity contribution in [1.29, 1.82) is 0 Å². The summed E-state index contributed by atoms with van der Waals surface area (Å²) >= 11 is 7.54. The Morgan fingerprint density at radius 3 is 2.61 bits per heavy atom. The summed E-state index contributed by atoms with van der Waals surface area (Å²) in [5.41, 5.74) is 1.21. The van der Waals surface area contributed by atoms with E-state index < -0.39 is 0 Å². The number of pyridine rings is 1. The Labute approximate surface area is 117 Å². The molecule has 0 amide bonds. The number of hydrogen-bond acceptors (Lipinski definition) is 3. The van der Waals surface area contributed by atoms with E-state index in [2.05, 4.69) is 23.3 Å². The molecule has 0 fully saturated rings. The molecule has 0 aliphatic rings. The third-order valence-electron chi connectivity index (χ3n) is 2.73. The standard InChI is InChI=1S/C14H15ClN2S/c1-10(16-2)13-4-3-9-17-14(13)18-12-7-5-11(15)6-8-12/h3-10,16H,1-2H3. The highest BCUT2D eigenvalue weighted by atomic mass is 35.5. The zero-order valence-electron chi connectivity index (χ0n) is 10.4. The van der Waals surface area contributed by atoms with Gasteiger partial charge in [0, 0.05) is 27.7 Å². The maximum absolute atomic E-state index is 5.88. The molecule has 0 saturated carbocycles. The van der Waals surface area contributed by atoms with Crippen molar-refractivity contribution in [3.63, 3.8) is 0 Å². The summed E-state index contributed by atoms with van der Waals surface area (Å²) < 4.78 is 0. The van der Waals surface area contributed by atoms with Crippen LogP contribution in [0.5, 0.6) is 0 Å². The first-order valence-electron chi connectivity index (χ1n) is 5.76. The highest BCUT2D eigenvalue weighted by Crippen LogP contribution is 2.31. The lowest BCUT2D eigenvalue weighted by Crippen LogP contribution is -2.13. The maximum atomic E-state index is 5.88. The Balaban J connectivity index is 2.26. The first kappa shape index (κ1) is 13.4. The van der Waals surface area contributed by atoms with E-state index in [1.54, 1.807) is 11.8 Å². The first-order chi connectivity index (χ1) is 8.70. The third kappa shape index (κ3) is 3.25.